The molecule has 18 heavy (non-hydrogen) atoms. The fraction of sp³-hybridized carbons (Fsp3) is 0.846. The predicted octanol–water partition coefficient (Wildman–Crippen LogP) is 0.455. The van der Waals surface area contributed by atoms with E-state index in [1.165, 1.54) is 0 Å². The summed E-state index contributed by atoms with van der Waals surface area (Å²) in [6.45, 7) is 9.45. The number of amides is 2. The minimum Gasteiger partial charge on any atom is -0.353 e. The van der Waals surface area contributed by atoms with Crippen molar-refractivity contribution in [3.8, 4) is 0 Å². The average molecular weight is 255 g/mol. The van der Waals surface area contributed by atoms with Crippen molar-refractivity contribution in [3.63, 3.8) is 0 Å². The third-order valence-electron chi connectivity index (χ3n) is 3.41. The van der Waals surface area contributed by atoms with Crippen LogP contribution in [0.15, 0.2) is 0 Å². The molecule has 0 aliphatic carbocycles. The first-order valence-electron chi connectivity index (χ1n) is 6.86. The van der Waals surface area contributed by atoms with Gasteiger partial charge in [0, 0.05) is 38.6 Å². The molecule has 1 aliphatic heterocycles. The van der Waals surface area contributed by atoms with Crippen LogP contribution in [0, 0.1) is 0 Å². The first kappa shape index (κ1) is 15.0. The molecule has 5 nitrogen and oxygen atoms in total. The van der Waals surface area contributed by atoms with Crippen molar-refractivity contribution in [2.24, 2.45) is 0 Å². The lowest BCUT2D eigenvalue weighted by Gasteiger charge is -2.34. The largest absolute Gasteiger partial charge is 0.353 e. The quantitative estimate of drug-likeness (QED) is 0.776. The van der Waals surface area contributed by atoms with Crippen molar-refractivity contribution in [2.45, 2.75) is 39.7 Å². The summed E-state index contributed by atoms with van der Waals surface area (Å²) in [4.78, 5) is 27.2. The second-order valence-electron chi connectivity index (χ2n) is 4.89. The zero-order chi connectivity index (χ0) is 13.5. The summed E-state index contributed by atoms with van der Waals surface area (Å²) in [7, 11) is 0. The van der Waals surface area contributed by atoms with Crippen molar-refractivity contribution in [3.05, 3.63) is 0 Å². The Kier molecular flexibility index (Phi) is 6.12. The fourth-order valence-electron chi connectivity index (χ4n) is 2.00. The van der Waals surface area contributed by atoms with Crippen LogP contribution in [-0.4, -0.2) is 60.4 Å². The fourth-order valence-corrected chi connectivity index (χ4v) is 2.00. The number of carbonyl (C=O) groups excluding carboxylic acids is 2. The minimum atomic E-state index is 0.0830. The van der Waals surface area contributed by atoms with E-state index >= 15 is 0 Å². The van der Waals surface area contributed by atoms with Gasteiger partial charge in [-0.1, -0.05) is 13.8 Å². The summed E-state index contributed by atoms with van der Waals surface area (Å²) in [6, 6.07) is 0.237. The molecule has 0 radical (unpaired) electrons. The van der Waals surface area contributed by atoms with E-state index in [9.17, 15) is 9.59 Å². The van der Waals surface area contributed by atoms with Crippen molar-refractivity contribution in [1.82, 2.24) is 15.1 Å². The van der Waals surface area contributed by atoms with Crippen LogP contribution < -0.4 is 5.32 Å². The molecule has 1 N–H and O–H groups in total. The van der Waals surface area contributed by atoms with Crippen molar-refractivity contribution < 1.29 is 9.59 Å². The predicted molar refractivity (Wildman–Crippen MR) is 71.2 cm³/mol. The molecule has 0 saturated carbocycles. The number of carbonyl (C=O) groups is 2. The van der Waals surface area contributed by atoms with Crippen molar-refractivity contribution >= 4 is 11.8 Å². The van der Waals surface area contributed by atoms with E-state index in [0.717, 1.165) is 32.6 Å². The van der Waals surface area contributed by atoms with Gasteiger partial charge in [0.15, 0.2) is 0 Å². The van der Waals surface area contributed by atoms with Crippen molar-refractivity contribution in [2.75, 3.05) is 32.7 Å². The van der Waals surface area contributed by atoms with Gasteiger partial charge in [0.25, 0.3) is 0 Å². The number of rotatable bonds is 5. The van der Waals surface area contributed by atoms with E-state index < -0.39 is 0 Å². The Labute approximate surface area is 110 Å². The van der Waals surface area contributed by atoms with Gasteiger partial charge in [-0.2, -0.15) is 0 Å². The van der Waals surface area contributed by atoms with Crippen LogP contribution in [0.4, 0.5) is 0 Å². The first-order valence-corrected chi connectivity index (χ1v) is 6.86. The third kappa shape index (κ3) is 4.64. The molecule has 5 heteroatoms. The molecule has 1 fully saturated rings. The van der Waals surface area contributed by atoms with E-state index in [4.69, 9.17) is 0 Å². The molecule has 0 spiro atoms. The van der Waals surface area contributed by atoms with Crippen LogP contribution in [0.1, 0.15) is 33.6 Å². The molecule has 1 aliphatic rings. The molecule has 0 aromatic heterocycles. The highest BCUT2D eigenvalue weighted by atomic mass is 16.2. The normalized spacial score (nSPS) is 18.5. The monoisotopic (exact) mass is 255 g/mol. The van der Waals surface area contributed by atoms with Crippen LogP contribution >= 0.6 is 0 Å². The molecule has 2 amide bonds. The number of nitrogens with one attached hydrogen (secondary N) is 1. The van der Waals surface area contributed by atoms with Gasteiger partial charge in [0.05, 0.1) is 6.54 Å². The van der Waals surface area contributed by atoms with Crippen LogP contribution in [0.25, 0.3) is 0 Å². The Morgan fingerprint density at radius 2 is 1.78 bits per heavy atom. The summed E-state index contributed by atoms with van der Waals surface area (Å²) in [5.74, 6) is 0.290. The first-order chi connectivity index (χ1) is 8.56. The number of piperazine rings is 1. The van der Waals surface area contributed by atoms with E-state index in [2.05, 4.69) is 17.1 Å². The van der Waals surface area contributed by atoms with Gasteiger partial charge in [-0.3, -0.25) is 14.5 Å². The Balaban J connectivity index is 2.27. The molecule has 1 rings (SSSR count). The summed E-state index contributed by atoms with van der Waals surface area (Å²) in [5.41, 5.74) is 0. The van der Waals surface area contributed by atoms with Gasteiger partial charge in [-0.05, 0) is 13.3 Å². The zero-order valence-corrected chi connectivity index (χ0v) is 11.7. The van der Waals surface area contributed by atoms with Gasteiger partial charge in [0.2, 0.25) is 11.8 Å². The molecule has 1 heterocycles. The van der Waals surface area contributed by atoms with Gasteiger partial charge in [-0.15, -0.1) is 0 Å². The Hall–Kier alpha value is -1.10. The number of hydrogen-bond acceptors (Lipinski definition) is 3. The van der Waals surface area contributed by atoms with E-state index in [1.807, 2.05) is 18.7 Å². The zero-order valence-electron chi connectivity index (χ0n) is 11.7. The lowest BCUT2D eigenvalue weighted by Crippen LogP contribution is -2.51. The highest BCUT2D eigenvalue weighted by molar-refractivity contribution is 5.78. The molecular formula is C13H25N3O2. The Morgan fingerprint density at radius 3 is 2.28 bits per heavy atom. The Morgan fingerprint density at radius 1 is 1.17 bits per heavy atom. The lowest BCUT2D eigenvalue weighted by atomic mass is 10.2. The topological polar surface area (TPSA) is 52.7 Å². The number of hydrogen-bond donors (Lipinski definition) is 1. The maximum absolute atomic E-state index is 11.7. The van der Waals surface area contributed by atoms with Gasteiger partial charge >= 0.3 is 0 Å². The average Bonchev–Trinajstić information content (AvgIpc) is 2.38. The SMILES string of the molecule is CCC(=O)N1CCN(CC(=O)NC(C)CC)CC1. The molecular weight excluding hydrogens is 230 g/mol. The van der Waals surface area contributed by atoms with Crippen molar-refractivity contribution in [1.29, 1.82) is 0 Å². The molecule has 104 valence electrons. The molecule has 1 unspecified atom stereocenters. The molecule has 0 bridgehead atoms. The molecule has 1 atom stereocenters. The van der Waals surface area contributed by atoms with Crippen LogP contribution in [-0.2, 0) is 9.59 Å². The Bertz CT molecular complexity index is 286. The van der Waals surface area contributed by atoms with Crippen LogP contribution in [0.2, 0.25) is 0 Å². The van der Waals surface area contributed by atoms with Gasteiger partial charge in [0.1, 0.15) is 0 Å². The summed E-state index contributed by atoms with van der Waals surface area (Å²) >= 11 is 0. The highest BCUT2D eigenvalue weighted by Gasteiger charge is 2.21. The summed E-state index contributed by atoms with van der Waals surface area (Å²) < 4.78 is 0. The molecule has 1 saturated heterocycles. The second-order valence-corrected chi connectivity index (χ2v) is 4.89. The lowest BCUT2D eigenvalue weighted by molar-refractivity contribution is -0.132. The minimum absolute atomic E-state index is 0.0830. The summed E-state index contributed by atoms with van der Waals surface area (Å²) in [6.07, 6.45) is 1.51. The third-order valence-corrected chi connectivity index (χ3v) is 3.41. The highest BCUT2D eigenvalue weighted by Crippen LogP contribution is 2.03. The van der Waals surface area contributed by atoms with E-state index in [1.54, 1.807) is 0 Å². The summed E-state index contributed by atoms with van der Waals surface area (Å²) in [5, 5.41) is 2.96. The molecule has 0 aromatic rings. The van der Waals surface area contributed by atoms with Gasteiger partial charge < -0.3 is 10.2 Å². The standard InChI is InChI=1S/C13H25N3O2/c1-4-11(3)14-12(17)10-15-6-8-16(9-7-15)13(18)5-2/h11H,4-10H2,1-3H3,(H,14,17). The van der Waals surface area contributed by atoms with E-state index in [0.29, 0.717) is 13.0 Å². The molecule has 0 aromatic carbocycles. The maximum Gasteiger partial charge on any atom is 0.234 e. The smallest absolute Gasteiger partial charge is 0.234 e. The van der Waals surface area contributed by atoms with Crippen LogP contribution in [0.3, 0.4) is 0 Å². The van der Waals surface area contributed by atoms with Crippen LogP contribution in [0.5, 0.6) is 0 Å². The maximum atomic E-state index is 11.7. The second kappa shape index (κ2) is 7.36. The van der Waals surface area contributed by atoms with Gasteiger partial charge in [-0.25, -0.2) is 0 Å². The number of nitrogens with zero attached hydrogens (tertiary/aromatic N) is 2. The van der Waals surface area contributed by atoms with E-state index in [-0.39, 0.29) is 17.9 Å².